The van der Waals surface area contributed by atoms with Gasteiger partial charge in [-0.15, -0.1) is 0 Å². The number of carbonyl (C=O) groups is 1. The number of thiocarbonyl (C=S) groups is 1. The van der Waals surface area contributed by atoms with Crippen LogP contribution in [-0.2, 0) is 0 Å². The summed E-state index contributed by atoms with van der Waals surface area (Å²) in [5.74, 6) is 1.04. The topological polar surface area (TPSA) is 59.6 Å². The van der Waals surface area contributed by atoms with Crippen molar-refractivity contribution in [2.75, 3.05) is 18.5 Å². The molecule has 0 aromatic heterocycles. The average molecular weight is 370 g/mol. The van der Waals surface area contributed by atoms with Crippen LogP contribution >= 0.6 is 12.2 Å². The maximum absolute atomic E-state index is 12.3. The number of amides is 1. The maximum Gasteiger partial charge on any atom is 0.257 e. The van der Waals surface area contributed by atoms with Crippen molar-refractivity contribution in [3.63, 3.8) is 0 Å². The highest BCUT2D eigenvalue weighted by Gasteiger charge is 2.09. The highest BCUT2D eigenvalue weighted by Crippen LogP contribution is 2.17. The molecule has 2 aromatic carbocycles. The fourth-order valence-corrected chi connectivity index (χ4v) is 2.31. The number of anilines is 1. The molecule has 0 unspecified atom stereocenters. The third-order valence-electron chi connectivity index (χ3n) is 3.26. The SMILES string of the molecule is C=CCOc1cccc(NC(=S)NC(=O)c2cccc(OCCC)c2)c1. The van der Waals surface area contributed by atoms with Crippen molar-refractivity contribution in [2.24, 2.45) is 0 Å². The first-order chi connectivity index (χ1) is 12.6. The zero-order valence-electron chi connectivity index (χ0n) is 14.7. The van der Waals surface area contributed by atoms with Crippen molar-refractivity contribution in [2.45, 2.75) is 13.3 Å². The maximum atomic E-state index is 12.3. The normalized spacial score (nSPS) is 9.88. The Labute approximate surface area is 159 Å². The van der Waals surface area contributed by atoms with E-state index in [0.717, 1.165) is 12.1 Å². The molecule has 0 heterocycles. The molecular weight excluding hydrogens is 348 g/mol. The number of hydrogen-bond donors (Lipinski definition) is 2. The van der Waals surface area contributed by atoms with E-state index in [9.17, 15) is 4.79 Å². The van der Waals surface area contributed by atoms with Crippen LogP contribution < -0.4 is 20.1 Å². The molecule has 2 N–H and O–H groups in total. The molecule has 0 aliphatic heterocycles. The lowest BCUT2D eigenvalue weighted by atomic mass is 10.2. The molecule has 0 saturated carbocycles. The zero-order chi connectivity index (χ0) is 18.8. The Bertz CT molecular complexity index is 777. The van der Waals surface area contributed by atoms with Gasteiger partial charge in [-0.05, 0) is 49.0 Å². The third kappa shape index (κ3) is 6.22. The van der Waals surface area contributed by atoms with Crippen LogP contribution in [-0.4, -0.2) is 24.2 Å². The van der Waals surface area contributed by atoms with Crippen molar-refractivity contribution < 1.29 is 14.3 Å². The highest BCUT2D eigenvalue weighted by molar-refractivity contribution is 7.80. The van der Waals surface area contributed by atoms with Gasteiger partial charge in [-0.3, -0.25) is 10.1 Å². The molecule has 0 bridgehead atoms. The fourth-order valence-electron chi connectivity index (χ4n) is 2.10. The first-order valence-electron chi connectivity index (χ1n) is 8.31. The van der Waals surface area contributed by atoms with E-state index < -0.39 is 0 Å². The van der Waals surface area contributed by atoms with E-state index in [4.69, 9.17) is 21.7 Å². The van der Waals surface area contributed by atoms with Gasteiger partial charge >= 0.3 is 0 Å². The molecule has 5 nitrogen and oxygen atoms in total. The molecule has 0 saturated heterocycles. The van der Waals surface area contributed by atoms with Crippen LogP contribution in [0.4, 0.5) is 5.69 Å². The molecule has 136 valence electrons. The van der Waals surface area contributed by atoms with Crippen LogP contribution in [0.5, 0.6) is 11.5 Å². The van der Waals surface area contributed by atoms with E-state index in [0.29, 0.717) is 30.3 Å². The van der Waals surface area contributed by atoms with Crippen LogP contribution in [0, 0.1) is 0 Å². The van der Waals surface area contributed by atoms with E-state index in [-0.39, 0.29) is 11.0 Å². The van der Waals surface area contributed by atoms with Crippen molar-refractivity contribution in [3.05, 3.63) is 66.7 Å². The number of benzene rings is 2. The van der Waals surface area contributed by atoms with Crippen LogP contribution in [0.25, 0.3) is 0 Å². The van der Waals surface area contributed by atoms with Gasteiger partial charge in [-0.25, -0.2) is 0 Å². The van der Waals surface area contributed by atoms with Gasteiger partial charge in [0.25, 0.3) is 5.91 Å². The first kappa shape index (κ1) is 19.5. The monoisotopic (exact) mass is 370 g/mol. The summed E-state index contributed by atoms with van der Waals surface area (Å²) in [6.45, 7) is 6.66. The second kappa shape index (κ2) is 10.2. The molecule has 1 amide bonds. The molecule has 0 aliphatic carbocycles. The van der Waals surface area contributed by atoms with E-state index in [2.05, 4.69) is 17.2 Å². The highest BCUT2D eigenvalue weighted by atomic mass is 32.1. The second-order valence-electron chi connectivity index (χ2n) is 5.41. The summed E-state index contributed by atoms with van der Waals surface area (Å²) in [6, 6.07) is 14.3. The molecule has 0 radical (unpaired) electrons. The molecule has 0 fully saturated rings. The van der Waals surface area contributed by atoms with Crippen molar-refractivity contribution in [1.29, 1.82) is 0 Å². The molecule has 2 aromatic rings. The van der Waals surface area contributed by atoms with Gasteiger partial charge in [0.2, 0.25) is 0 Å². The summed E-state index contributed by atoms with van der Waals surface area (Å²) in [7, 11) is 0. The molecule has 26 heavy (non-hydrogen) atoms. The van der Waals surface area contributed by atoms with Crippen molar-refractivity contribution in [3.8, 4) is 11.5 Å². The summed E-state index contributed by atoms with van der Waals surface area (Å²) in [6.07, 6.45) is 2.57. The Balaban J connectivity index is 1.95. The average Bonchev–Trinajstić information content (AvgIpc) is 2.65. The van der Waals surface area contributed by atoms with Crippen LogP contribution in [0.2, 0.25) is 0 Å². The lowest BCUT2D eigenvalue weighted by Gasteiger charge is -2.11. The number of hydrogen-bond acceptors (Lipinski definition) is 4. The summed E-state index contributed by atoms with van der Waals surface area (Å²) >= 11 is 5.21. The summed E-state index contributed by atoms with van der Waals surface area (Å²) < 4.78 is 11.0. The summed E-state index contributed by atoms with van der Waals surface area (Å²) in [5, 5.41) is 5.83. The van der Waals surface area contributed by atoms with Gasteiger partial charge in [0.05, 0.1) is 6.61 Å². The van der Waals surface area contributed by atoms with Gasteiger partial charge in [0.1, 0.15) is 18.1 Å². The van der Waals surface area contributed by atoms with Gasteiger partial charge in [0.15, 0.2) is 5.11 Å². The quantitative estimate of drug-likeness (QED) is 0.540. The van der Waals surface area contributed by atoms with Crippen molar-refractivity contribution in [1.82, 2.24) is 5.32 Å². The minimum atomic E-state index is -0.302. The Morgan fingerprint density at radius 3 is 2.62 bits per heavy atom. The van der Waals surface area contributed by atoms with Crippen LogP contribution in [0.1, 0.15) is 23.7 Å². The predicted molar refractivity (Wildman–Crippen MR) is 108 cm³/mol. The third-order valence-corrected chi connectivity index (χ3v) is 3.46. The number of carbonyl (C=O) groups excluding carboxylic acids is 1. The van der Waals surface area contributed by atoms with Gasteiger partial charge in [-0.1, -0.05) is 31.7 Å². The van der Waals surface area contributed by atoms with Gasteiger partial charge in [0, 0.05) is 17.3 Å². The van der Waals surface area contributed by atoms with E-state index in [1.54, 1.807) is 30.3 Å². The Morgan fingerprint density at radius 2 is 1.88 bits per heavy atom. The minimum Gasteiger partial charge on any atom is -0.494 e. The molecule has 0 atom stereocenters. The molecule has 0 spiro atoms. The number of nitrogens with one attached hydrogen (secondary N) is 2. The predicted octanol–water partition coefficient (Wildman–Crippen LogP) is 4.17. The summed E-state index contributed by atoms with van der Waals surface area (Å²) in [4.78, 5) is 12.3. The summed E-state index contributed by atoms with van der Waals surface area (Å²) in [5.41, 5.74) is 1.20. The lowest BCUT2D eigenvalue weighted by Crippen LogP contribution is -2.34. The van der Waals surface area contributed by atoms with Gasteiger partial charge < -0.3 is 14.8 Å². The molecule has 6 heteroatoms. The lowest BCUT2D eigenvalue weighted by molar-refractivity contribution is 0.0977. The smallest absolute Gasteiger partial charge is 0.257 e. The van der Waals surface area contributed by atoms with Gasteiger partial charge in [-0.2, -0.15) is 0 Å². The fraction of sp³-hybridized carbons (Fsp3) is 0.200. The van der Waals surface area contributed by atoms with E-state index in [1.807, 2.05) is 31.2 Å². The number of ether oxygens (including phenoxy) is 2. The Morgan fingerprint density at radius 1 is 1.15 bits per heavy atom. The van der Waals surface area contributed by atoms with Crippen LogP contribution in [0.15, 0.2) is 61.2 Å². The Hall–Kier alpha value is -2.86. The second-order valence-corrected chi connectivity index (χ2v) is 5.82. The molecule has 2 rings (SSSR count). The number of rotatable bonds is 8. The van der Waals surface area contributed by atoms with Crippen LogP contribution in [0.3, 0.4) is 0 Å². The zero-order valence-corrected chi connectivity index (χ0v) is 15.5. The standard InChI is InChI=1S/C20H22N2O3S/c1-3-11-24-17-9-5-7-15(13-17)19(23)22-20(26)21-16-8-6-10-18(14-16)25-12-4-2/h4-10,13-14H,2-3,11-12H2,1H3,(H2,21,22,23,26). The largest absolute Gasteiger partial charge is 0.494 e. The molecular formula is C20H22N2O3S. The van der Waals surface area contributed by atoms with E-state index in [1.165, 1.54) is 0 Å². The minimum absolute atomic E-state index is 0.204. The Kier molecular flexibility index (Phi) is 7.64. The first-order valence-corrected chi connectivity index (χ1v) is 8.72. The van der Waals surface area contributed by atoms with Crippen molar-refractivity contribution >= 4 is 28.9 Å². The molecule has 0 aliphatic rings. The van der Waals surface area contributed by atoms with E-state index >= 15 is 0 Å².